The first-order chi connectivity index (χ1) is 9.70. The van der Waals surface area contributed by atoms with E-state index in [1.54, 1.807) is 12.4 Å². The molecule has 0 saturated carbocycles. The highest BCUT2D eigenvalue weighted by molar-refractivity contribution is 5.32. The molecule has 0 spiro atoms. The fraction of sp³-hybridized carbons (Fsp3) is 0.375. The van der Waals surface area contributed by atoms with Crippen LogP contribution in [0.5, 0.6) is 5.75 Å². The standard InChI is InChI=1S/C16H21N3O/c1-4-17-15(16-18-10-5-11-19-16)13-6-8-14(9-7-13)20-12(2)3/h5-12,15,17H,4H2,1-3H3. The van der Waals surface area contributed by atoms with E-state index in [-0.39, 0.29) is 12.1 Å². The molecule has 1 unspecified atom stereocenters. The number of benzene rings is 1. The molecule has 0 fully saturated rings. The fourth-order valence-electron chi connectivity index (χ4n) is 2.03. The van der Waals surface area contributed by atoms with Gasteiger partial charge in [-0.1, -0.05) is 19.1 Å². The van der Waals surface area contributed by atoms with Crippen LogP contribution >= 0.6 is 0 Å². The van der Waals surface area contributed by atoms with Crippen LogP contribution in [0, 0.1) is 0 Å². The van der Waals surface area contributed by atoms with Gasteiger partial charge in [0.25, 0.3) is 0 Å². The number of nitrogens with one attached hydrogen (secondary N) is 1. The van der Waals surface area contributed by atoms with Gasteiger partial charge in [-0.2, -0.15) is 0 Å². The van der Waals surface area contributed by atoms with E-state index in [1.165, 1.54) is 0 Å². The maximum atomic E-state index is 5.66. The van der Waals surface area contributed by atoms with E-state index in [2.05, 4.69) is 34.3 Å². The minimum Gasteiger partial charge on any atom is -0.491 e. The van der Waals surface area contributed by atoms with Gasteiger partial charge in [0.2, 0.25) is 0 Å². The lowest BCUT2D eigenvalue weighted by molar-refractivity contribution is 0.242. The number of hydrogen-bond donors (Lipinski definition) is 1. The number of hydrogen-bond acceptors (Lipinski definition) is 4. The summed E-state index contributed by atoms with van der Waals surface area (Å²) >= 11 is 0. The second-order valence-corrected chi connectivity index (χ2v) is 4.83. The van der Waals surface area contributed by atoms with Crippen LogP contribution in [-0.4, -0.2) is 22.6 Å². The molecule has 0 aliphatic carbocycles. The van der Waals surface area contributed by atoms with Crippen LogP contribution < -0.4 is 10.1 Å². The van der Waals surface area contributed by atoms with Gasteiger partial charge in [-0.3, -0.25) is 0 Å². The molecular formula is C16H21N3O. The minimum absolute atomic E-state index is 0.00861. The van der Waals surface area contributed by atoms with Crippen LogP contribution in [0.4, 0.5) is 0 Å². The van der Waals surface area contributed by atoms with Crippen LogP contribution in [0.3, 0.4) is 0 Å². The van der Waals surface area contributed by atoms with Crippen LogP contribution in [0.1, 0.15) is 38.2 Å². The molecule has 1 atom stereocenters. The van der Waals surface area contributed by atoms with E-state index < -0.39 is 0 Å². The Labute approximate surface area is 120 Å². The Balaban J connectivity index is 2.21. The van der Waals surface area contributed by atoms with Crippen molar-refractivity contribution in [3.05, 3.63) is 54.1 Å². The molecule has 20 heavy (non-hydrogen) atoms. The second-order valence-electron chi connectivity index (χ2n) is 4.83. The molecule has 0 amide bonds. The summed E-state index contributed by atoms with van der Waals surface area (Å²) in [5.74, 6) is 1.67. The summed E-state index contributed by atoms with van der Waals surface area (Å²) in [6, 6.07) is 9.93. The van der Waals surface area contributed by atoms with Crippen molar-refractivity contribution in [2.45, 2.75) is 32.9 Å². The molecule has 0 saturated heterocycles. The van der Waals surface area contributed by atoms with Gasteiger partial charge in [0.1, 0.15) is 11.6 Å². The average Bonchev–Trinajstić information content (AvgIpc) is 2.46. The van der Waals surface area contributed by atoms with Crippen molar-refractivity contribution in [1.82, 2.24) is 15.3 Å². The van der Waals surface area contributed by atoms with Gasteiger partial charge < -0.3 is 10.1 Å². The third-order valence-corrected chi connectivity index (χ3v) is 2.84. The normalized spacial score (nSPS) is 12.4. The van der Waals surface area contributed by atoms with Crippen molar-refractivity contribution in [2.75, 3.05) is 6.54 Å². The Bertz CT molecular complexity index is 511. The van der Waals surface area contributed by atoms with Crippen molar-refractivity contribution < 1.29 is 4.74 Å². The third-order valence-electron chi connectivity index (χ3n) is 2.84. The Kier molecular flexibility index (Phi) is 5.07. The number of nitrogens with zero attached hydrogens (tertiary/aromatic N) is 2. The highest BCUT2D eigenvalue weighted by Crippen LogP contribution is 2.22. The van der Waals surface area contributed by atoms with Crippen molar-refractivity contribution in [3.63, 3.8) is 0 Å². The average molecular weight is 271 g/mol. The van der Waals surface area contributed by atoms with Crippen molar-refractivity contribution in [2.24, 2.45) is 0 Å². The summed E-state index contributed by atoms with van der Waals surface area (Å²) in [4.78, 5) is 8.68. The molecule has 4 nitrogen and oxygen atoms in total. The maximum absolute atomic E-state index is 5.66. The molecule has 1 N–H and O–H groups in total. The summed E-state index contributed by atoms with van der Waals surface area (Å²) in [5.41, 5.74) is 1.13. The lowest BCUT2D eigenvalue weighted by Gasteiger charge is -2.17. The van der Waals surface area contributed by atoms with E-state index in [0.717, 1.165) is 23.7 Å². The molecule has 1 aromatic carbocycles. The molecule has 1 aromatic heterocycles. The molecule has 2 rings (SSSR count). The lowest BCUT2D eigenvalue weighted by atomic mass is 10.1. The molecule has 0 aliphatic heterocycles. The van der Waals surface area contributed by atoms with Crippen LogP contribution in [0.25, 0.3) is 0 Å². The summed E-state index contributed by atoms with van der Waals surface area (Å²) in [5, 5.41) is 3.41. The molecule has 0 aliphatic rings. The summed E-state index contributed by atoms with van der Waals surface area (Å²) < 4.78 is 5.66. The number of aromatic nitrogens is 2. The van der Waals surface area contributed by atoms with Gasteiger partial charge in [0.15, 0.2) is 0 Å². The maximum Gasteiger partial charge on any atom is 0.149 e. The fourth-order valence-corrected chi connectivity index (χ4v) is 2.03. The molecule has 1 heterocycles. The van der Waals surface area contributed by atoms with E-state index in [1.807, 2.05) is 32.0 Å². The zero-order valence-electron chi connectivity index (χ0n) is 12.2. The van der Waals surface area contributed by atoms with Crippen LogP contribution in [0.15, 0.2) is 42.7 Å². The van der Waals surface area contributed by atoms with Crippen LogP contribution in [0.2, 0.25) is 0 Å². The molecule has 0 radical (unpaired) electrons. The Hall–Kier alpha value is -1.94. The van der Waals surface area contributed by atoms with Crippen molar-refractivity contribution >= 4 is 0 Å². The van der Waals surface area contributed by atoms with E-state index in [9.17, 15) is 0 Å². The topological polar surface area (TPSA) is 47.0 Å². The lowest BCUT2D eigenvalue weighted by Crippen LogP contribution is -2.23. The van der Waals surface area contributed by atoms with Gasteiger partial charge >= 0.3 is 0 Å². The third kappa shape index (κ3) is 3.78. The minimum atomic E-state index is 0.00861. The van der Waals surface area contributed by atoms with Gasteiger partial charge in [0.05, 0.1) is 12.1 Å². The van der Waals surface area contributed by atoms with E-state index >= 15 is 0 Å². The quantitative estimate of drug-likeness (QED) is 0.877. The molecule has 2 aromatic rings. The zero-order chi connectivity index (χ0) is 14.4. The summed E-state index contributed by atoms with van der Waals surface area (Å²) in [6.45, 7) is 6.97. The number of ether oxygens (including phenoxy) is 1. The number of rotatable bonds is 6. The Morgan fingerprint density at radius 1 is 1.10 bits per heavy atom. The SMILES string of the molecule is CCNC(c1ccc(OC(C)C)cc1)c1ncccn1. The smallest absolute Gasteiger partial charge is 0.149 e. The van der Waals surface area contributed by atoms with E-state index in [4.69, 9.17) is 4.74 Å². The van der Waals surface area contributed by atoms with Gasteiger partial charge in [-0.15, -0.1) is 0 Å². The van der Waals surface area contributed by atoms with Gasteiger partial charge in [-0.05, 0) is 44.2 Å². The predicted molar refractivity (Wildman–Crippen MR) is 79.8 cm³/mol. The molecule has 106 valence electrons. The molecule has 0 bridgehead atoms. The monoisotopic (exact) mass is 271 g/mol. The Morgan fingerprint density at radius 3 is 2.30 bits per heavy atom. The van der Waals surface area contributed by atoms with Crippen molar-refractivity contribution in [3.8, 4) is 5.75 Å². The molecular weight excluding hydrogens is 250 g/mol. The first-order valence-corrected chi connectivity index (χ1v) is 6.97. The first-order valence-electron chi connectivity index (χ1n) is 6.97. The highest BCUT2D eigenvalue weighted by atomic mass is 16.5. The Morgan fingerprint density at radius 2 is 1.75 bits per heavy atom. The van der Waals surface area contributed by atoms with E-state index in [0.29, 0.717) is 0 Å². The van der Waals surface area contributed by atoms with Gasteiger partial charge in [-0.25, -0.2) is 9.97 Å². The summed E-state index contributed by atoms with van der Waals surface area (Å²) in [7, 11) is 0. The zero-order valence-corrected chi connectivity index (χ0v) is 12.2. The molecule has 4 heteroatoms. The highest BCUT2D eigenvalue weighted by Gasteiger charge is 2.15. The van der Waals surface area contributed by atoms with Gasteiger partial charge in [0, 0.05) is 12.4 Å². The summed E-state index contributed by atoms with van der Waals surface area (Å²) in [6.07, 6.45) is 3.72. The second kappa shape index (κ2) is 7.01. The van der Waals surface area contributed by atoms with Crippen molar-refractivity contribution in [1.29, 1.82) is 0 Å². The predicted octanol–water partition coefficient (Wildman–Crippen LogP) is 2.96. The first kappa shape index (κ1) is 14.5. The van der Waals surface area contributed by atoms with Crippen LogP contribution in [-0.2, 0) is 0 Å². The largest absolute Gasteiger partial charge is 0.491 e.